The molecule has 8 heteroatoms. The highest BCUT2D eigenvalue weighted by Crippen LogP contribution is 2.32. The lowest BCUT2D eigenvalue weighted by molar-refractivity contribution is -0.140. The number of benzene rings is 2. The van der Waals surface area contributed by atoms with Gasteiger partial charge in [-0.2, -0.15) is 5.26 Å². The third kappa shape index (κ3) is 5.03. The van der Waals surface area contributed by atoms with E-state index >= 15 is 0 Å². The minimum Gasteiger partial charge on any atom is -0.481 e. The number of nitrogens with zero attached hydrogens (tertiary/aromatic N) is 3. The van der Waals surface area contributed by atoms with E-state index in [1.807, 2.05) is 23.6 Å². The Morgan fingerprint density at radius 3 is 2.73 bits per heavy atom. The van der Waals surface area contributed by atoms with Crippen LogP contribution in [0.5, 0.6) is 0 Å². The third-order valence-electron chi connectivity index (χ3n) is 4.57. The van der Waals surface area contributed by atoms with Gasteiger partial charge in [-0.15, -0.1) is 11.3 Å². The topological polar surface area (TPSA) is 94.3 Å². The van der Waals surface area contributed by atoms with E-state index in [1.165, 1.54) is 16.2 Å². The highest BCUT2D eigenvalue weighted by molar-refractivity contribution is 7.14. The molecular weight excluding hydrogens is 422 g/mol. The second kappa shape index (κ2) is 9.53. The summed E-state index contributed by atoms with van der Waals surface area (Å²) in [4.78, 5) is 30.3. The quantitative estimate of drug-likeness (QED) is 0.579. The number of carboxylic acids is 1. The number of thiazole rings is 1. The van der Waals surface area contributed by atoms with Crippen LogP contribution >= 0.6 is 22.9 Å². The lowest BCUT2D eigenvalue weighted by atomic mass is 9.94. The predicted molar refractivity (Wildman–Crippen MR) is 117 cm³/mol. The fourth-order valence-electron chi connectivity index (χ4n) is 3.09. The summed E-state index contributed by atoms with van der Waals surface area (Å²) in [6.07, 6.45) is -0.101. The Morgan fingerprint density at radius 1 is 1.27 bits per heavy atom. The molecule has 1 amide bonds. The van der Waals surface area contributed by atoms with Crippen molar-refractivity contribution < 1.29 is 14.7 Å². The highest BCUT2D eigenvalue weighted by Gasteiger charge is 2.27. The summed E-state index contributed by atoms with van der Waals surface area (Å²) in [6, 6.07) is 16.2. The van der Waals surface area contributed by atoms with Gasteiger partial charge in [-0.1, -0.05) is 41.9 Å². The molecule has 0 aliphatic carbocycles. The normalized spacial score (nSPS) is 11.5. The molecule has 30 heavy (non-hydrogen) atoms. The van der Waals surface area contributed by atoms with Gasteiger partial charge in [0.05, 0.1) is 29.7 Å². The number of hydrogen-bond acceptors (Lipinski definition) is 5. The molecule has 0 fully saturated rings. The largest absolute Gasteiger partial charge is 0.481 e. The molecule has 3 aromatic rings. The van der Waals surface area contributed by atoms with E-state index in [0.29, 0.717) is 21.4 Å². The van der Waals surface area contributed by atoms with Gasteiger partial charge in [-0.3, -0.25) is 14.5 Å². The minimum absolute atomic E-state index is 0.216. The van der Waals surface area contributed by atoms with Crippen molar-refractivity contribution in [3.63, 3.8) is 0 Å². The van der Waals surface area contributed by atoms with Crippen molar-refractivity contribution in [1.82, 2.24) is 4.98 Å². The Bertz CT molecular complexity index is 1120. The van der Waals surface area contributed by atoms with Gasteiger partial charge in [-0.05, 0) is 30.2 Å². The second-order valence-electron chi connectivity index (χ2n) is 6.70. The number of aromatic nitrogens is 1. The molecule has 0 spiro atoms. The zero-order valence-corrected chi connectivity index (χ0v) is 17.7. The van der Waals surface area contributed by atoms with Gasteiger partial charge in [0.15, 0.2) is 5.13 Å². The van der Waals surface area contributed by atoms with E-state index in [-0.39, 0.29) is 18.7 Å². The van der Waals surface area contributed by atoms with Gasteiger partial charge in [-0.25, -0.2) is 4.98 Å². The van der Waals surface area contributed by atoms with Crippen molar-refractivity contribution in [3.8, 4) is 17.3 Å². The van der Waals surface area contributed by atoms with Crippen molar-refractivity contribution in [2.45, 2.75) is 12.8 Å². The van der Waals surface area contributed by atoms with Crippen molar-refractivity contribution in [3.05, 3.63) is 70.1 Å². The minimum atomic E-state index is -1.06. The molecule has 1 heterocycles. The zero-order chi connectivity index (χ0) is 21.7. The number of carboxylic acid groups (broad SMARTS) is 1. The average Bonchev–Trinajstić information content (AvgIpc) is 3.22. The molecular formula is C22H18ClN3O3S. The molecule has 1 aromatic heterocycles. The summed E-state index contributed by atoms with van der Waals surface area (Å²) in [7, 11) is 1.58. The number of carbonyl (C=O) groups excluding carboxylic acids is 1. The molecule has 3 rings (SSSR count). The van der Waals surface area contributed by atoms with E-state index < -0.39 is 11.9 Å². The van der Waals surface area contributed by atoms with Crippen molar-refractivity contribution in [2.24, 2.45) is 5.92 Å². The first-order chi connectivity index (χ1) is 14.4. The average molecular weight is 440 g/mol. The van der Waals surface area contributed by atoms with Crippen LogP contribution in [0.15, 0.2) is 53.9 Å². The summed E-state index contributed by atoms with van der Waals surface area (Å²) >= 11 is 7.51. The van der Waals surface area contributed by atoms with Crippen molar-refractivity contribution in [2.75, 3.05) is 11.9 Å². The van der Waals surface area contributed by atoms with Gasteiger partial charge < -0.3 is 5.11 Å². The Kier molecular flexibility index (Phi) is 6.83. The number of rotatable bonds is 7. The second-order valence-corrected chi connectivity index (χ2v) is 7.95. The lowest BCUT2D eigenvalue weighted by Gasteiger charge is -2.21. The van der Waals surface area contributed by atoms with Crippen molar-refractivity contribution in [1.29, 1.82) is 5.26 Å². The van der Waals surface area contributed by atoms with Crippen LogP contribution in [0.4, 0.5) is 5.13 Å². The van der Waals surface area contributed by atoms with Crippen molar-refractivity contribution >= 4 is 39.9 Å². The number of nitriles is 1. The summed E-state index contributed by atoms with van der Waals surface area (Å²) in [5, 5.41) is 21.2. The monoisotopic (exact) mass is 439 g/mol. The first kappa shape index (κ1) is 21.5. The summed E-state index contributed by atoms with van der Waals surface area (Å²) in [5.41, 5.74) is 2.61. The van der Waals surface area contributed by atoms with E-state index in [9.17, 15) is 14.7 Å². The summed E-state index contributed by atoms with van der Waals surface area (Å²) in [5.74, 6) is -2.19. The van der Waals surface area contributed by atoms with Gasteiger partial charge in [0.2, 0.25) is 5.91 Å². The molecule has 0 aliphatic rings. The Balaban J connectivity index is 1.83. The number of carbonyl (C=O) groups is 2. The standard InChI is InChI=1S/C22H18ClN3O3S/c1-26(22-25-19(13-30-22)17-7-2-3-8-18(17)23)21(29)16(11-20(27)28)10-14-5-4-6-15(9-14)12-24/h2-9,13,16H,10-11H2,1H3,(H,27,28). The fraction of sp³-hybridized carbons (Fsp3) is 0.182. The first-order valence-electron chi connectivity index (χ1n) is 9.08. The summed E-state index contributed by atoms with van der Waals surface area (Å²) in [6.45, 7) is 0. The molecule has 0 aliphatic heterocycles. The Hall–Kier alpha value is -3.21. The lowest BCUT2D eigenvalue weighted by Crippen LogP contribution is -2.35. The molecule has 1 N–H and O–H groups in total. The molecule has 0 saturated carbocycles. The van der Waals surface area contributed by atoms with Crippen LogP contribution in [0.3, 0.4) is 0 Å². The maximum Gasteiger partial charge on any atom is 0.304 e. The first-order valence-corrected chi connectivity index (χ1v) is 10.3. The molecule has 2 aromatic carbocycles. The third-order valence-corrected chi connectivity index (χ3v) is 5.81. The van der Waals surface area contributed by atoms with E-state index in [2.05, 4.69) is 11.1 Å². The molecule has 1 unspecified atom stereocenters. The van der Waals surface area contributed by atoms with Gasteiger partial charge in [0.25, 0.3) is 0 Å². The molecule has 0 saturated heterocycles. The summed E-state index contributed by atoms with van der Waals surface area (Å²) < 4.78 is 0. The van der Waals surface area contributed by atoms with Crippen LogP contribution in [-0.4, -0.2) is 29.0 Å². The van der Waals surface area contributed by atoms with Crippen LogP contribution in [0.25, 0.3) is 11.3 Å². The Morgan fingerprint density at radius 2 is 2.03 bits per heavy atom. The maximum atomic E-state index is 13.1. The van der Waals surface area contributed by atoms with Crippen LogP contribution in [0, 0.1) is 17.2 Å². The number of aliphatic carboxylic acids is 1. The number of hydrogen-bond donors (Lipinski definition) is 1. The van der Waals surface area contributed by atoms with Crippen LogP contribution in [0.2, 0.25) is 5.02 Å². The molecule has 152 valence electrons. The Labute approximate surface area is 183 Å². The molecule has 0 radical (unpaired) electrons. The van der Waals surface area contributed by atoms with E-state index in [1.54, 1.807) is 37.4 Å². The van der Waals surface area contributed by atoms with Crippen LogP contribution in [-0.2, 0) is 16.0 Å². The van der Waals surface area contributed by atoms with Crippen LogP contribution < -0.4 is 4.90 Å². The number of halogens is 1. The smallest absolute Gasteiger partial charge is 0.304 e. The number of amides is 1. The van der Waals surface area contributed by atoms with Gasteiger partial charge in [0.1, 0.15) is 0 Å². The zero-order valence-electron chi connectivity index (χ0n) is 16.1. The van der Waals surface area contributed by atoms with E-state index in [4.69, 9.17) is 16.9 Å². The van der Waals surface area contributed by atoms with E-state index in [0.717, 1.165) is 11.1 Å². The molecule has 0 bridgehead atoms. The maximum absolute atomic E-state index is 13.1. The van der Waals surface area contributed by atoms with Gasteiger partial charge >= 0.3 is 5.97 Å². The van der Waals surface area contributed by atoms with Gasteiger partial charge in [0, 0.05) is 23.0 Å². The van der Waals surface area contributed by atoms with Crippen LogP contribution in [0.1, 0.15) is 17.5 Å². The molecule has 6 nitrogen and oxygen atoms in total. The molecule has 1 atom stereocenters. The fourth-order valence-corrected chi connectivity index (χ4v) is 4.12. The SMILES string of the molecule is CN(C(=O)C(CC(=O)O)Cc1cccc(C#N)c1)c1nc(-c2ccccc2Cl)cs1. The number of anilines is 1. The predicted octanol–water partition coefficient (Wildman–Crippen LogP) is 4.63. The highest BCUT2D eigenvalue weighted by atomic mass is 35.5.